The van der Waals surface area contributed by atoms with Gasteiger partial charge < -0.3 is 10.6 Å². The molecule has 1 fully saturated rings. The van der Waals surface area contributed by atoms with Crippen LogP contribution in [-0.2, 0) is 4.79 Å². The number of rotatable bonds is 8. The van der Waals surface area contributed by atoms with Crippen molar-refractivity contribution in [1.29, 1.82) is 0 Å². The van der Waals surface area contributed by atoms with Gasteiger partial charge in [0.2, 0.25) is 5.91 Å². The highest BCUT2D eigenvalue weighted by molar-refractivity contribution is 6.31. The van der Waals surface area contributed by atoms with E-state index >= 15 is 0 Å². The first kappa shape index (κ1) is 21.3. The molecule has 2 N–H and O–H groups in total. The van der Waals surface area contributed by atoms with Gasteiger partial charge in [-0.2, -0.15) is 0 Å². The zero-order valence-corrected chi connectivity index (χ0v) is 17.5. The molecule has 2 aromatic rings. The summed E-state index contributed by atoms with van der Waals surface area (Å²) in [6.45, 7) is 4.36. The molecule has 0 aromatic heterocycles. The Morgan fingerprint density at radius 1 is 1.03 bits per heavy atom. The third-order valence-corrected chi connectivity index (χ3v) is 5.59. The fraction of sp³-hybridized carbons (Fsp3) is 0.391. The molecular weight excluding hydrogens is 386 g/mol. The molecule has 154 valence electrons. The smallest absolute Gasteiger partial charge is 0.251 e. The van der Waals surface area contributed by atoms with E-state index in [4.69, 9.17) is 11.6 Å². The van der Waals surface area contributed by atoms with Gasteiger partial charge in [-0.1, -0.05) is 48.0 Å². The van der Waals surface area contributed by atoms with Crippen LogP contribution in [0.25, 0.3) is 0 Å². The van der Waals surface area contributed by atoms with Gasteiger partial charge in [0.25, 0.3) is 5.91 Å². The Balaban J connectivity index is 1.54. The second-order valence-electron chi connectivity index (χ2n) is 7.53. The van der Waals surface area contributed by atoms with Crippen LogP contribution in [0, 0.1) is 0 Å². The average Bonchev–Trinajstić information content (AvgIpc) is 3.24. The van der Waals surface area contributed by atoms with Gasteiger partial charge in [-0.25, -0.2) is 0 Å². The van der Waals surface area contributed by atoms with Gasteiger partial charge in [-0.15, -0.1) is 0 Å². The third kappa shape index (κ3) is 6.05. The van der Waals surface area contributed by atoms with Crippen LogP contribution in [0.15, 0.2) is 54.6 Å². The Kier molecular flexibility index (Phi) is 7.67. The van der Waals surface area contributed by atoms with E-state index in [1.54, 1.807) is 12.1 Å². The fourth-order valence-electron chi connectivity index (χ4n) is 3.74. The van der Waals surface area contributed by atoms with E-state index in [2.05, 4.69) is 15.5 Å². The quantitative estimate of drug-likeness (QED) is 0.691. The van der Waals surface area contributed by atoms with Crippen molar-refractivity contribution in [3.63, 3.8) is 0 Å². The third-order valence-electron chi connectivity index (χ3n) is 5.24. The molecule has 6 heteroatoms. The number of benzene rings is 2. The summed E-state index contributed by atoms with van der Waals surface area (Å²) in [5, 5.41) is 6.64. The van der Waals surface area contributed by atoms with Crippen LogP contribution >= 0.6 is 11.6 Å². The molecular formula is C23H28ClN3O2. The summed E-state index contributed by atoms with van der Waals surface area (Å²) in [4.78, 5) is 27.1. The number of amides is 2. The summed E-state index contributed by atoms with van der Waals surface area (Å²) in [5.74, 6) is -0.251. The summed E-state index contributed by atoms with van der Waals surface area (Å²) < 4.78 is 0. The Morgan fingerprint density at radius 2 is 1.69 bits per heavy atom. The highest BCUT2D eigenvalue weighted by atomic mass is 35.5. The molecule has 2 unspecified atom stereocenters. The first-order chi connectivity index (χ1) is 14.0. The maximum atomic E-state index is 12.5. The monoisotopic (exact) mass is 413 g/mol. The largest absolute Gasteiger partial charge is 0.354 e. The van der Waals surface area contributed by atoms with E-state index in [-0.39, 0.29) is 30.3 Å². The number of likely N-dealkylation sites (tertiary alicyclic amines) is 1. The van der Waals surface area contributed by atoms with Gasteiger partial charge in [0.05, 0.1) is 6.04 Å². The van der Waals surface area contributed by atoms with Crippen molar-refractivity contribution in [1.82, 2.24) is 15.5 Å². The molecule has 0 spiro atoms. The van der Waals surface area contributed by atoms with Crippen LogP contribution in [0.3, 0.4) is 0 Å². The number of hydrogen-bond donors (Lipinski definition) is 2. The van der Waals surface area contributed by atoms with Crippen LogP contribution < -0.4 is 10.6 Å². The van der Waals surface area contributed by atoms with Crippen LogP contribution in [0.4, 0.5) is 0 Å². The number of hydrogen-bond acceptors (Lipinski definition) is 3. The lowest BCUT2D eigenvalue weighted by molar-refractivity contribution is -0.121. The second-order valence-corrected chi connectivity index (χ2v) is 7.94. The predicted octanol–water partition coefficient (Wildman–Crippen LogP) is 3.80. The standard InChI is InChI=1S/C23H28ClN3O2/c1-17(26-23(29)18-9-3-2-4-10-18)15-22(28)25-16-21(27-13-7-8-14-27)19-11-5-6-12-20(19)24/h2-6,9-12,17,21H,7-8,13-16H2,1H3,(H,25,28)(H,26,29). The topological polar surface area (TPSA) is 61.4 Å². The van der Waals surface area contributed by atoms with E-state index < -0.39 is 0 Å². The van der Waals surface area contributed by atoms with Crippen LogP contribution in [0.2, 0.25) is 5.02 Å². The number of halogens is 1. The molecule has 1 aliphatic heterocycles. The maximum Gasteiger partial charge on any atom is 0.251 e. The SMILES string of the molecule is CC(CC(=O)NCC(c1ccccc1Cl)N1CCCC1)NC(=O)c1ccccc1. The van der Waals surface area contributed by atoms with Crippen LogP contribution in [0.1, 0.15) is 48.1 Å². The van der Waals surface area contributed by atoms with Crippen molar-refractivity contribution in [3.05, 3.63) is 70.7 Å². The van der Waals surface area contributed by atoms with E-state index in [1.165, 1.54) is 0 Å². The number of carbonyl (C=O) groups excluding carboxylic acids is 2. The number of carbonyl (C=O) groups is 2. The van der Waals surface area contributed by atoms with E-state index in [1.807, 2.05) is 49.4 Å². The zero-order chi connectivity index (χ0) is 20.6. The number of nitrogens with one attached hydrogen (secondary N) is 2. The maximum absolute atomic E-state index is 12.5. The van der Waals surface area contributed by atoms with E-state index in [0.717, 1.165) is 36.5 Å². The highest BCUT2D eigenvalue weighted by Crippen LogP contribution is 2.29. The van der Waals surface area contributed by atoms with Crippen LogP contribution in [0.5, 0.6) is 0 Å². The minimum absolute atomic E-state index is 0.0596. The van der Waals surface area contributed by atoms with Gasteiger partial charge in [0.1, 0.15) is 0 Å². The first-order valence-corrected chi connectivity index (χ1v) is 10.5. The van der Waals surface area contributed by atoms with Crippen molar-refractivity contribution in [2.45, 2.75) is 38.3 Å². The Morgan fingerprint density at radius 3 is 2.38 bits per heavy atom. The molecule has 0 radical (unpaired) electrons. The lowest BCUT2D eigenvalue weighted by Crippen LogP contribution is -2.40. The summed E-state index contributed by atoms with van der Waals surface area (Å²) in [5.41, 5.74) is 1.63. The van der Waals surface area contributed by atoms with Gasteiger partial charge in [-0.05, 0) is 56.6 Å². The molecule has 1 heterocycles. The molecule has 2 aromatic carbocycles. The molecule has 2 atom stereocenters. The minimum atomic E-state index is -0.256. The van der Waals surface area contributed by atoms with Gasteiger partial charge in [0, 0.05) is 29.6 Å². The summed E-state index contributed by atoms with van der Waals surface area (Å²) in [6.07, 6.45) is 2.56. The van der Waals surface area contributed by atoms with Gasteiger partial charge in [0.15, 0.2) is 0 Å². The molecule has 0 bridgehead atoms. The highest BCUT2D eigenvalue weighted by Gasteiger charge is 2.25. The molecule has 0 aliphatic carbocycles. The molecule has 2 amide bonds. The van der Waals surface area contributed by atoms with Crippen molar-refractivity contribution in [2.75, 3.05) is 19.6 Å². The van der Waals surface area contributed by atoms with Gasteiger partial charge >= 0.3 is 0 Å². The lowest BCUT2D eigenvalue weighted by atomic mass is 10.1. The predicted molar refractivity (Wildman–Crippen MR) is 116 cm³/mol. The fourth-order valence-corrected chi connectivity index (χ4v) is 4.00. The Hall–Kier alpha value is -2.37. The summed E-state index contributed by atoms with van der Waals surface area (Å²) >= 11 is 6.43. The van der Waals surface area contributed by atoms with Crippen molar-refractivity contribution in [2.24, 2.45) is 0 Å². The average molecular weight is 414 g/mol. The van der Waals surface area contributed by atoms with Crippen molar-refractivity contribution < 1.29 is 9.59 Å². The van der Waals surface area contributed by atoms with Crippen molar-refractivity contribution in [3.8, 4) is 0 Å². The first-order valence-electron chi connectivity index (χ1n) is 10.2. The lowest BCUT2D eigenvalue weighted by Gasteiger charge is -2.29. The van der Waals surface area contributed by atoms with Crippen molar-refractivity contribution >= 4 is 23.4 Å². The molecule has 0 saturated carbocycles. The normalized spacial score (nSPS) is 16.2. The Labute approximate surface area is 177 Å². The molecule has 5 nitrogen and oxygen atoms in total. The van der Waals surface area contributed by atoms with Gasteiger partial charge in [-0.3, -0.25) is 14.5 Å². The zero-order valence-electron chi connectivity index (χ0n) is 16.7. The number of nitrogens with zero attached hydrogens (tertiary/aromatic N) is 1. The Bertz CT molecular complexity index is 822. The summed E-state index contributed by atoms with van der Waals surface area (Å²) in [7, 11) is 0. The molecule has 1 saturated heterocycles. The molecule has 29 heavy (non-hydrogen) atoms. The summed E-state index contributed by atoms with van der Waals surface area (Å²) in [6, 6.07) is 16.6. The molecule has 1 aliphatic rings. The van der Waals surface area contributed by atoms with E-state index in [9.17, 15) is 9.59 Å². The van der Waals surface area contributed by atoms with E-state index in [0.29, 0.717) is 12.1 Å². The van der Waals surface area contributed by atoms with Crippen LogP contribution in [-0.4, -0.2) is 42.4 Å². The minimum Gasteiger partial charge on any atom is -0.354 e. The second kappa shape index (κ2) is 10.4. The molecule has 3 rings (SSSR count).